The lowest BCUT2D eigenvalue weighted by molar-refractivity contribution is 0.0658. The Labute approximate surface area is 169 Å². The van der Waals surface area contributed by atoms with E-state index in [-0.39, 0.29) is 17.5 Å². The molecular formula is C22H25N5O2. The highest BCUT2D eigenvalue weighted by molar-refractivity contribution is 5.96. The quantitative estimate of drug-likeness (QED) is 0.696. The fourth-order valence-electron chi connectivity index (χ4n) is 3.59. The first-order valence-corrected chi connectivity index (χ1v) is 9.90. The summed E-state index contributed by atoms with van der Waals surface area (Å²) in [5, 5.41) is 4.07. The van der Waals surface area contributed by atoms with Gasteiger partial charge in [0.05, 0.1) is 0 Å². The van der Waals surface area contributed by atoms with Crippen LogP contribution >= 0.6 is 0 Å². The molecule has 0 radical (unpaired) electrons. The maximum atomic E-state index is 12.7. The molecule has 0 spiro atoms. The van der Waals surface area contributed by atoms with E-state index in [0.29, 0.717) is 25.3 Å². The Morgan fingerprint density at radius 3 is 2.62 bits per heavy atom. The van der Waals surface area contributed by atoms with E-state index in [9.17, 15) is 9.59 Å². The first-order valence-electron chi connectivity index (χ1n) is 9.90. The molecule has 3 aromatic rings. The Morgan fingerprint density at radius 1 is 1.03 bits per heavy atom. The number of para-hydroxylation sites is 1. The smallest absolute Gasteiger partial charge is 0.272 e. The summed E-state index contributed by atoms with van der Waals surface area (Å²) < 4.78 is 0. The lowest BCUT2D eigenvalue weighted by Gasteiger charge is -2.32. The number of nitrogens with zero attached hydrogens (tertiary/aromatic N) is 3. The molecule has 7 heteroatoms. The molecule has 4 rings (SSSR count). The highest BCUT2D eigenvalue weighted by atomic mass is 16.2. The summed E-state index contributed by atoms with van der Waals surface area (Å²) in [5.74, 6) is -0.385. The number of fused-ring (bicyclic) bond motifs is 1. The van der Waals surface area contributed by atoms with Crippen molar-refractivity contribution in [2.45, 2.75) is 6.42 Å². The molecule has 150 valence electrons. The van der Waals surface area contributed by atoms with Crippen molar-refractivity contribution in [3.63, 3.8) is 0 Å². The number of carbonyl (C=O) groups excluding carboxylic acids is 2. The van der Waals surface area contributed by atoms with Gasteiger partial charge in [0.2, 0.25) is 0 Å². The minimum Gasteiger partial charge on any atom is -0.361 e. The number of H-pyrrole nitrogens is 1. The number of amides is 2. The molecular weight excluding hydrogens is 366 g/mol. The fraction of sp³-hybridized carbons (Fsp3) is 0.318. The zero-order valence-electron chi connectivity index (χ0n) is 16.5. The maximum Gasteiger partial charge on any atom is 0.272 e. The zero-order chi connectivity index (χ0) is 20.2. The molecule has 2 aromatic heterocycles. The SMILES string of the molecule is CN1CCN(C(=O)c2cccc(C(=O)NCCc3c[nH]c4ccccc34)n2)CC1. The van der Waals surface area contributed by atoms with Gasteiger partial charge in [-0.05, 0) is 37.2 Å². The summed E-state index contributed by atoms with van der Waals surface area (Å²) in [5.41, 5.74) is 2.83. The molecule has 0 bridgehead atoms. The van der Waals surface area contributed by atoms with Crippen LogP contribution in [0.2, 0.25) is 0 Å². The Bertz CT molecular complexity index is 1020. The molecule has 1 saturated heterocycles. The van der Waals surface area contributed by atoms with Gasteiger partial charge in [-0.3, -0.25) is 9.59 Å². The molecule has 7 nitrogen and oxygen atoms in total. The van der Waals surface area contributed by atoms with Gasteiger partial charge in [0.15, 0.2) is 0 Å². The van der Waals surface area contributed by atoms with Crippen LogP contribution in [0.3, 0.4) is 0 Å². The van der Waals surface area contributed by atoms with E-state index in [1.165, 1.54) is 5.39 Å². The van der Waals surface area contributed by atoms with Crippen LogP contribution < -0.4 is 5.32 Å². The summed E-state index contributed by atoms with van der Waals surface area (Å²) in [6, 6.07) is 13.1. The van der Waals surface area contributed by atoms with Crippen LogP contribution in [0.4, 0.5) is 0 Å². The Balaban J connectivity index is 1.36. The van der Waals surface area contributed by atoms with E-state index >= 15 is 0 Å². The Kier molecular flexibility index (Phi) is 5.57. The summed E-state index contributed by atoms with van der Waals surface area (Å²) in [4.78, 5) is 36.7. The van der Waals surface area contributed by atoms with E-state index < -0.39 is 0 Å². The standard InChI is InChI=1S/C22H25N5O2/c1-26-11-13-27(14-12-26)22(29)20-8-4-7-19(25-20)21(28)23-10-9-16-15-24-18-6-3-2-5-17(16)18/h2-8,15,24H,9-14H2,1H3,(H,23,28). The normalized spacial score (nSPS) is 14.9. The average Bonchev–Trinajstić information content (AvgIpc) is 3.17. The molecule has 1 aromatic carbocycles. The van der Waals surface area contributed by atoms with E-state index in [1.54, 1.807) is 23.1 Å². The number of rotatable bonds is 5. The number of benzene rings is 1. The third-order valence-electron chi connectivity index (χ3n) is 5.35. The molecule has 1 fully saturated rings. The van der Waals surface area contributed by atoms with Crippen molar-refractivity contribution in [1.82, 2.24) is 25.1 Å². The number of likely N-dealkylation sites (N-methyl/N-ethyl adjacent to an activating group) is 1. The van der Waals surface area contributed by atoms with Crippen LogP contribution in [0.1, 0.15) is 26.5 Å². The van der Waals surface area contributed by atoms with Crippen LogP contribution in [-0.4, -0.2) is 71.4 Å². The van der Waals surface area contributed by atoms with Crippen LogP contribution in [0.5, 0.6) is 0 Å². The van der Waals surface area contributed by atoms with Gasteiger partial charge in [-0.1, -0.05) is 24.3 Å². The lowest BCUT2D eigenvalue weighted by atomic mass is 10.1. The maximum absolute atomic E-state index is 12.7. The topological polar surface area (TPSA) is 81.3 Å². The van der Waals surface area contributed by atoms with Gasteiger partial charge >= 0.3 is 0 Å². The van der Waals surface area contributed by atoms with Gasteiger partial charge in [0.1, 0.15) is 11.4 Å². The molecule has 0 saturated carbocycles. The minimum atomic E-state index is -0.266. The van der Waals surface area contributed by atoms with E-state index in [1.807, 2.05) is 31.4 Å². The number of hydrogen-bond acceptors (Lipinski definition) is 4. The largest absolute Gasteiger partial charge is 0.361 e. The van der Waals surface area contributed by atoms with Crippen molar-refractivity contribution < 1.29 is 9.59 Å². The van der Waals surface area contributed by atoms with Gasteiger partial charge in [0.25, 0.3) is 11.8 Å². The van der Waals surface area contributed by atoms with Crippen molar-refractivity contribution in [1.29, 1.82) is 0 Å². The van der Waals surface area contributed by atoms with Gasteiger partial charge in [0, 0.05) is 49.8 Å². The third kappa shape index (κ3) is 4.30. The van der Waals surface area contributed by atoms with Crippen LogP contribution in [0, 0.1) is 0 Å². The molecule has 29 heavy (non-hydrogen) atoms. The first-order chi connectivity index (χ1) is 14.1. The minimum absolute atomic E-state index is 0.119. The van der Waals surface area contributed by atoms with Crippen molar-refractivity contribution in [2.75, 3.05) is 39.8 Å². The van der Waals surface area contributed by atoms with Crippen LogP contribution in [0.25, 0.3) is 10.9 Å². The Hall–Kier alpha value is -3.19. The van der Waals surface area contributed by atoms with Gasteiger partial charge in [-0.25, -0.2) is 4.98 Å². The number of nitrogens with one attached hydrogen (secondary N) is 2. The van der Waals surface area contributed by atoms with E-state index in [2.05, 4.69) is 26.3 Å². The van der Waals surface area contributed by atoms with Crippen LogP contribution in [0.15, 0.2) is 48.7 Å². The summed E-state index contributed by atoms with van der Waals surface area (Å²) in [6.07, 6.45) is 2.69. The monoisotopic (exact) mass is 391 g/mol. The number of hydrogen-bond donors (Lipinski definition) is 2. The molecule has 0 atom stereocenters. The molecule has 3 heterocycles. The summed E-state index contributed by atoms with van der Waals surface area (Å²) >= 11 is 0. The summed E-state index contributed by atoms with van der Waals surface area (Å²) in [6.45, 7) is 3.55. The second-order valence-corrected chi connectivity index (χ2v) is 7.37. The van der Waals surface area contributed by atoms with Crippen molar-refractivity contribution in [3.8, 4) is 0 Å². The fourth-order valence-corrected chi connectivity index (χ4v) is 3.59. The van der Waals surface area contributed by atoms with Crippen molar-refractivity contribution in [2.24, 2.45) is 0 Å². The molecule has 1 aliphatic rings. The average molecular weight is 391 g/mol. The highest BCUT2D eigenvalue weighted by Gasteiger charge is 2.22. The number of aromatic amines is 1. The van der Waals surface area contributed by atoms with E-state index in [4.69, 9.17) is 0 Å². The van der Waals surface area contributed by atoms with Crippen molar-refractivity contribution >= 4 is 22.7 Å². The number of piperazine rings is 1. The number of pyridine rings is 1. The lowest BCUT2D eigenvalue weighted by Crippen LogP contribution is -2.47. The molecule has 0 aliphatic carbocycles. The van der Waals surface area contributed by atoms with Gasteiger partial charge < -0.3 is 20.1 Å². The second-order valence-electron chi connectivity index (χ2n) is 7.37. The molecule has 1 aliphatic heterocycles. The Morgan fingerprint density at radius 2 is 1.79 bits per heavy atom. The van der Waals surface area contributed by atoms with Crippen LogP contribution in [-0.2, 0) is 6.42 Å². The predicted octanol–water partition coefficient (Wildman–Crippen LogP) is 1.92. The number of aromatic nitrogens is 2. The second kappa shape index (κ2) is 8.45. The predicted molar refractivity (Wildman–Crippen MR) is 112 cm³/mol. The molecule has 2 amide bonds. The highest BCUT2D eigenvalue weighted by Crippen LogP contribution is 2.17. The van der Waals surface area contributed by atoms with Crippen molar-refractivity contribution in [3.05, 3.63) is 65.6 Å². The van der Waals surface area contributed by atoms with Gasteiger partial charge in [-0.15, -0.1) is 0 Å². The van der Waals surface area contributed by atoms with E-state index in [0.717, 1.165) is 30.6 Å². The first kappa shape index (κ1) is 19.1. The molecule has 0 unspecified atom stereocenters. The summed E-state index contributed by atoms with van der Waals surface area (Å²) in [7, 11) is 2.04. The number of carbonyl (C=O) groups is 2. The van der Waals surface area contributed by atoms with Gasteiger partial charge in [-0.2, -0.15) is 0 Å². The third-order valence-corrected chi connectivity index (χ3v) is 5.35. The molecule has 2 N–H and O–H groups in total. The zero-order valence-corrected chi connectivity index (χ0v) is 16.5.